The van der Waals surface area contributed by atoms with E-state index in [9.17, 15) is 17.6 Å². The predicted octanol–water partition coefficient (Wildman–Crippen LogP) is 2.26. The summed E-state index contributed by atoms with van der Waals surface area (Å²) < 4.78 is 37.9. The first kappa shape index (κ1) is 14.6. The molecule has 0 bridgehead atoms. The molecule has 1 heterocycles. The molecule has 106 valence electrons. The van der Waals surface area contributed by atoms with Crippen LogP contribution in [-0.4, -0.2) is 24.5 Å². The van der Waals surface area contributed by atoms with E-state index >= 15 is 0 Å². The average molecular weight is 315 g/mol. The third kappa shape index (κ3) is 3.02. The van der Waals surface area contributed by atoms with Crippen molar-refractivity contribution in [3.05, 3.63) is 45.7 Å². The fourth-order valence-corrected chi connectivity index (χ4v) is 4.09. The van der Waals surface area contributed by atoms with E-state index in [1.807, 2.05) is 0 Å². The van der Waals surface area contributed by atoms with Gasteiger partial charge in [0, 0.05) is 11.1 Å². The highest BCUT2D eigenvalue weighted by Crippen LogP contribution is 2.22. The number of carboxylic acid groups (broad SMARTS) is 1. The van der Waals surface area contributed by atoms with Crippen LogP contribution in [0.2, 0.25) is 0 Å². The van der Waals surface area contributed by atoms with Gasteiger partial charge in [0.25, 0.3) is 0 Å². The first-order valence-electron chi connectivity index (χ1n) is 5.46. The lowest BCUT2D eigenvalue weighted by molar-refractivity contribution is 0.0696. The van der Waals surface area contributed by atoms with Crippen molar-refractivity contribution in [2.24, 2.45) is 0 Å². The summed E-state index contributed by atoms with van der Waals surface area (Å²) >= 11 is 1.16. The monoisotopic (exact) mass is 315 g/mol. The van der Waals surface area contributed by atoms with Crippen LogP contribution in [-0.2, 0) is 15.6 Å². The zero-order chi connectivity index (χ0) is 14.9. The van der Waals surface area contributed by atoms with Gasteiger partial charge in [0.15, 0.2) is 9.84 Å². The molecule has 1 aromatic carbocycles. The number of benzene rings is 1. The van der Waals surface area contributed by atoms with Crippen molar-refractivity contribution in [1.82, 2.24) is 4.98 Å². The SMILES string of the molecule is Cc1csc(CS(=O)(=O)c2cc(C(=O)O)ccc2F)n1. The number of sulfone groups is 1. The molecule has 0 aliphatic heterocycles. The number of aromatic carboxylic acids is 1. The number of rotatable bonds is 4. The van der Waals surface area contributed by atoms with E-state index in [1.165, 1.54) is 0 Å². The van der Waals surface area contributed by atoms with Crippen LogP contribution >= 0.6 is 11.3 Å². The normalized spacial score (nSPS) is 11.5. The molecule has 0 saturated carbocycles. The Morgan fingerprint density at radius 3 is 2.70 bits per heavy atom. The van der Waals surface area contributed by atoms with E-state index in [0.717, 1.165) is 29.5 Å². The van der Waals surface area contributed by atoms with Crippen molar-refractivity contribution in [1.29, 1.82) is 0 Å². The Balaban J connectivity index is 2.43. The quantitative estimate of drug-likeness (QED) is 0.935. The number of hydrogen-bond donors (Lipinski definition) is 1. The molecule has 0 spiro atoms. The van der Waals surface area contributed by atoms with E-state index in [1.54, 1.807) is 12.3 Å². The van der Waals surface area contributed by atoms with Gasteiger partial charge in [0.2, 0.25) is 0 Å². The number of nitrogens with zero attached hydrogens (tertiary/aromatic N) is 1. The maximum atomic E-state index is 13.6. The standard InChI is InChI=1S/C12H10FNO4S2/c1-7-5-19-11(14-7)6-20(17,18)10-4-8(12(15)16)2-3-9(10)13/h2-5H,6H2,1H3,(H,15,16). The second kappa shape index (κ2) is 5.29. The summed E-state index contributed by atoms with van der Waals surface area (Å²) in [5, 5.41) is 10.9. The van der Waals surface area contributed by atoms with Gasteiger partial charge in [-0.3, -0.25) is 0 Å². The molecule has 0 fully saturated rings. The summed E-state index contributed by atoms with van der Waals surface area (Å²) in [7, 11) is -3.98. The third-order valence-electron chi connectivity index (χ3n) is 2.49. The summed E-state index contributed by atoms with van der Waals surface area (Å²) in [6, 6.07) is 2.68. The number of aryl methyl sites for hydroxylation is 1. The van der Waals surface area contributed by atoms with Gasteiger partial charge in [0.1, 0.15) is 21.5 Å². The number of carboxylic acids is 1. The zero-order valence-electron chi connectivity index (χ0n) is 10.3. The molecule has 2 aromatic rings. The zero-order valence-corrected chi connectivity index (χ0v) is 12.0. The van der Waals surface area contributed by atoms with Gasteiger partial charge >= 0.3 is 5.97 Å². The molecule has 0 amide bonds. The lowest BCUT2D eigenvalue weighted by Gasteiger charge is -2.05. The van der Waals surface area contributed by atoms with Gasteiger partial charge in [-0.25, -0.2) is 22.6 Å². The number of hydrogen-bond acceptors (Lipinski definition) is 5. The Kier molecular flexibility index (Phi) is 3.87. The summed E-state index contributed by atoms with van der Waals surface area (Å²) in [5.41, 5.74) is 0.403. The van der Waals surface area contributed by atoms with Crippen molar-refractivity contribution in [2.45, 2.75) is 17.6 Å². The maximum Gasteiger partial charge on any atom is 0.335 e. The van der Waals surface area contributed by atoms with Crippen molar-refractivity contribution in [3.8, 4) is 0 Å². The van der Waals surface area contributed by atoms with E-state index in [0.29, 0.717) is 10.7 Å². The number of halogens is 1. The summed E-state index contributed by atoms with van der Waals surface area (Å²) in [5.74, 6) is -2.74. The molecular weight excluding hydrogens is 305 g/mol. The lowest BCUT2D eigenvalue weighted by atomic mass is 10.2. The first-order valence-corrected chi connectivity index (χ1v) is 7.99. The Morgan fingerprint density at radius 2 is 2.15 bits per heavy atom. The van der Waals surface area contributed by atoms with Crippen LogP contribution in [0.4, 0.5) is 4.39 Å². The summed E-state index contributed by atoms with van der Waals surface area (Å²) in [4.78, 5) is 14.2. The van der Waals surface area contributed by atoms with Gasteiger partial charge < -0.3 is 5.11 Å². The van der Waals surface area contributed by atoms with Gasteiger partial charge in [-0.15, -0.1) is 11.3 Å². The van der Waals surface area contributed by atoms with Gasteiger partial charge in [0.05, 0.1) is 5.56 Å². The number of carbonyl (C=O) groups is 1. The van der Waals surface area contributed by atoms with Crippen LogP contribution in [0.15, 0.2) is 28.5 Å². The van der Waals surface area contributed by atoms with Crippen LogP contribution in [0.5, 0.6) is 0 Å². The Bertz CT molecular complexity index is 768. The van der Waals surface area contributed by atoms with E-state index in [-0.39, 0.29) is 5.56 Å². The minimum absolute atomic E-state index is 0.278. The number of aromatic nitrogens is 1. The molecule has 5 nitrogen and oxygen atoms in total. The molecule has 0 saturated heterocycles. The van der Waals surface area contributed by atoms with Crippen LogP contribution in [0.1, 0.15) is 21.1 Å². The van der Waals surface area contributed by atoms with Gasteiger partial charge in [-0.1, -0.05) is 0 Å². The second-order valence-corrected chi connectivity index (χ2v) is 6.99. The van der Waals surface area contributed by atoms with Crippen LogP contribution < -0.4 is 0 Å². The number of thiazole rings is 1. The highest BCUT2D eigenvalue weighted by molar-refractivity contribution is 7.90. The highest BCUT2D eigenvalue weighted by Gasteiger charge is 2.23. The molecule has 2 rings (SSSR count). The largest absolute Gasteiger partial charge is 0.478 e. The molecule has 0 aliphatic rings. The smallest absolute Gasteiger partial charge is 0.335 e. The Labute approximate surface area is 118 Å². The van der Waals surface area contributed by atoms with Crippen molar-refractivity contribution >= 4 is 27.1 Å². The summed E-state index contributed by atoms with van der Waals surface area (Å²) in [6.45, 7) is 1.72. The fourth-order valence-electron chi connectivity index (χ4n) is 1.58. The van der Waals surface area contributed by atoms with E-state index < -0.39 is 32.3 Å². The molecule has 20 heavy (non-hydrogen) atoms. The van der Waals surface area contributed by atoms with Crippen molar-refractivity contribution in [3.63, 3.8) is 0 Å². The van der Waals surface area contributed by atoms with Crippen molar-refractivity contribution in [2.75, 3.05) is 0 Å². The van der Waals surface area contributed by atoms with E-state index in [4.69, 9.17) is 5.11 Å². The van der Waals surface area contributed by atoms with Gasteiger partial charge in [-0.05, 0) is 25.1 Å². The van der Waals surface area contributed by atoms with Crippen LogP contribution in [0.25, 0.3) is 0 Å². The summed E-state index contributed by atoms with van der Waals surface area (Å²) in [6.07, 6.45) is 0. The topological polar surface area (TPSA) is 84.3 Å². The van der Waals surface area contributed by atoms with Crippen LogP contribution in [0.3, 0.4) is 0 Å². The van der Waals surface area contributed by atoms with Crippen LogP contribution in [0, 0.1) is 12.7 Å². The molecule has 0 aliphatic carbocycles. The minimum atomic E-state index is -3.98. The minimum Gasteiger partial charge on any atom is -0.478 e. The molecule has 0 atom stereocenters. The lowest BCUT2D eigenvalue weighted by Crippen LogP contribution is -2.09. The molecular formula is C12H10FNO4S2. The third-order valence-corrected chi connectivity index (χ3v) is 5.28. The molecule has 0 unspecified atom stereocenters. The molecule has 8 heteroatoms. The highest BCUT2D eigenvalue weighted by atomic mass is 32.2. The van der Waals surface area contributed by atoms with Gasteiger partial charge in [-0.2, -0.15) is 0 Å². The molecule has 1 aromatic heterocycles. The fraction of sp³-hybridized carbons (Fsp3) is 0.167. The van der Waals surface area contributed by atoms with Crippen molar-refractivity contribution < 1.29 is 22.7 Å². The Morgan fingerprint density at radius 1 is 1.45 bits per heavy atom. The molecule has 0 radical (unpaired) electrons. The predicted molar refractivity (Wildman–Crippen MR) is 71.1 cm³/mol. The molecule has 1 N–H and O–H groups in total. The first-order chi connectivity index (χ1) is 9.29. The second-order valence-electron chi connectivity index (χ2n) is 4.09. The maximum absolute atomic E-state index is 13.6. The Hall–Kier alpha value is -1.80. The van der Waals surface area contributed by atoms with E-state index in [2.05, 4.69) is 4.98 Å². The average Bonchev–Trinajstić information content (AvgIpc) is 2.73.